The summed E-state index contributed by atoms with van der Waals surface area (Å²) in [5.74, 6) is 0. The van der Waals surface area contributed by atoms with Crippen LogP contribution in [0.3, 0.4) is 0 Å². The second kappa shape index (κ2) is 10.7. The van der Waals surface area contributed by atoms with E-state index in [-0.39, 0.29) is 0 Å². The van der Waals surface area contributed by atoms with E-state index in [0.29, 0.717) is 0 Å². The Morgan fingerprint density at radius 2 is 1.17 bits per heavy atom. The van der Waals surface area contributed by atoms with Gasteiger partial charge in [-0.15, -0.1) is 4.67 Å². The molecular weight excluding hydrogens is 558 g/mol. The predicted octanol–water partition coefficient (Wildman–Crippen LogP) is 9.94. The summed E-state index contributed by atoms with van der Waals surface area (Å²) in [7, 11) is 0. The monoisotopic (exact) mass is 586 g/mol. The van der Waals surface area contributed by atoms with Gasteiger partial charge < -0.3 is 4.57 Å². The van der Waals surface area contributed by atoms with Crippen LogP contribution >= 0.6 is 0 Å². The van der Waals surface area contributed by atoms with Gasteiger partial charge in [0.25, 0.3) is 6.21 Å². The number of benzene rings is 6. The number of fused-ring (bicyclic) bond motifs is 5. The van der Waals surface area contributed by atoms with Crippen molar-refractivity contribution >= 4 is 50.6 Å². The first-order chi connectivity index (χ1) is 22.8. The maximum atomic E-state index is 4.59. The van der Waals surface area contributed by atoms with Crippen molar-refractivity contribution in [1.82, 2.24) is 14.2 Å². The van der Waals surface area contributed by atoms with E-state index in [0.717, 1.165) is 28.1 Å². The van der Waals surface area contributed by atoms with E-state index in [2.05, 4.69) is 160 Å². The van der Waals surface area contributed by atoms with E-state index >= 15 is 0 Å². The lowest BCUT2D eigenvalue weighted by atomic mass is 9.97. The van der Waals surface area contributed by atoms with E-state index in [1.165, 1.54) is 54.8 Å². The minimum absolute atomic E-state index is 0.930. The Hall–Kier alpha value is -6.28. The van der Waals surface area contributed by atoms with Crippen LogP contribution in [0.2, 0.25) is 0 Å². The maximum absolute atomic E-state index is 4.59. The highest BCUT2D eigenvalue weighted by molar-refractivity contribution is 6.19. The zero-order valence-electron chi connectivity index (χ0n) is 25.0. The van der Waals surface area contributed by atoms with Crippen LogP contribution in [0.4, 0.5) is 0 Å². The zero-order chi connectivity index (χ0) is 30.5. The Kier molecular flexibility index (Phi) is 6.09. The van der Waals surface area contributed by atoms with Gasteiger partial charge in [0.05, 0.1) is 22.3 Å². The van der Waals surface area contributed by atoms with Gasteiger partial charge in [-0.05, 0) is 81.2 Å². The number of para-hydroxylation sites is 1. The molecule has 1 aliphatic rings. The highest BCUT2D eigenvalue weighted by atomic mass is 15.0. The molecule has 2 aromatic heterocycles. The third-order valence-corrected chi connectivity index (χ3v) is 9.00. The average Bonchev–Trinajstić information content (AvgIpc) is 3.79. The van der Waals surface area contributed by atoms with Crippen molar-refractivity contribution in [3.05, 3.63) is 164 Å². The largest absolute Gasteiger partial charge is 0.309 e. The molecule has 3 heterocycles. The molecule has 46 heavy (non-hydrogen) atoms. The van der Waals surface area contributed by atoms with E-state index in [1.54, 1.807) is 0 Å². The smallest absolute Gasteiger partial charge is 0.302 e. The normalized spacial score (nSPS) is 12.4. The molecule has 0 atom stereocenters. The molecule has 0 N–H and O–H groups in total. The first-order valence-corrected chi connectivity index (χ1v) is 15.6. The minimum atomic E-state index is 0.930. The Morgan fingerprint density at radius 1 is 0.500 bits per heavy atom. The van der Waals surface area contributed by atoms with E-state index in [4.69, 9.17) is 0 Å². The van der Waals surface area contributed by atoms with Gasteiger partial charge in [-0.2, -0.15) is 0 Å². The summed E-state index contributed by atoms with van der Waals surface area (Å²) < 4.78 is 6.65. The lowest BCUT2D eigenvalue weighted by molar-refractivity contribution is 1.19. The summed E-state index contributed by atoms with van der Waals surface area (Å²) >= 11 is 0. The first-order valence-electron chi connectivity index (χ1n) is 15.6. The number of aromatic nitrogens is 2. The molecule has 1 aliphatic heterocycles. The maximum Gasteiger partial charge on any atom is 0.302 e. The van der Waals surface area contributed by atoms with Crippen LogP contribution < -0.4 is 4.67 Å². The lowest BCUT2D eigenvalue weighted by Crippen LogP contribution is -1.94. The molecule has 214 valence electrons. The fourth-order valence-electron chi connectivity index (χ4n) is 6.76. The molecule has 8 aromatic rings. The third-order valence-electron chi connectivity index (χ3n) is 9.00. The van der Waals surface area contributed by atoms with Crippen molar-refractivity contribution in [2.45, 2.75) is 0 Å². The van der Waals surface area contributed by atoms with E-state index in [9.17, 15) is 0 Å². The van der Waals surface area contributed by atoms with Crippen LogP contribution in [-0.4, -0.2) is 22.0 Å². The Morgan fingerprint density at radius 3 is 1.98 bits per heavy atom. The van der Waals surface area contributed by atoms with Gasteiger partial charge in [0, 0.05) is 34.1 Å². The van der Waals surface area contributed by atoms with Gasteiger partial charge in [-0.1, -0.05) is 103 Å². The molecule has 0 saturated carbocycles. The van der Waals surface area contributed by atoms with Crippen LogP contribution in [-0.2, 0) is 0 Å². The number of allylic oxidation sites excluding steroid dienone is 2. The summed E-state index contributed by atoms with van der Waals surface area (Å²) in [5.41, 5.74) is 12.7. The number of pyridine rings is 1. The van der Waals surface area contributed by atoms with Crippen molar-refractivity contribution < 1.29 is 0 Å². The quantitative estimate of drug-likeness (QED) is 0.185. The SMILES string of the molecule is C1=[N+]=CC(c2cc(-c3ccc4c(ccc5c6ccc(-c7cccc(-c8ccccc8)c7)cc6n(-c6ccccc6)c45)c3)ccn2)=C1. The van der Waals surface area contributed by atoms with Crippen LogP contribution in [0.5, 0.6) is 0 Å². The van der Waals surface area contributed by atoms with Crippen LogP contribution in [0, 0.1) is 0 Å². The molecule has 3 heteroatoms. The van der Waals surface area contributed by atoms with Crippen molar-refractivity contribution in [2.24, 2.45) is 0 Å². The third kappa shape index (κ3) is 4.38. The molecule has 0 fully saturated rings. The number of hydrogen-bond donors (Lipinski definition) is 0. The Balaban J connectivity index is 1.23. The fraction of sp³-hybridized carbons (Fsp3) is 0. The van der Waals surface area contributed by atoms with E-state index < -0.39 is 0 Å². The van der Waals surface area contributed by atoms with Gasteiger partial charge in [-0.25, -0.2) is 0 Å². The molecule has 0 saturated heterocycles. The average molecular weight is 587 g/mol. The summed E-state index contributed by atoms with van der Waals surface area (Å²) in [5, 5.41) is 4.92. The highest BCUT2D eigenvalue weighted by Gasteiger charge is 2.17. The highest BCUT2D eigenvalue weighted by Crippen LogP contribution is 2.39. The summed E-state index contributed by atoms with van der Waals surface area (Å²) in [6.45, 7) is 0. The van der Waals surface area contributed by atoms with Crippen molar-refractivity contribution in [3.8, 4) is 39.1 Å². The van der Waals surface area contributed by atoms with Gasteiger partial charge in [0.2, 0.25) is 0 Å². The van der Waals surface area contributed by atoms with Gasteiger partial charge in [0.15, 0.2) is 0 Å². The molecule has 0 bridgehead atoms. The van der Waals surface area contributed by atoms with Crippen LogP contribution in [0.15, 0.2) is 158 Å². The van der Waals surface area contributed by atoms with Crippen LogP contribution in [0.25, 0.3) is 77.2 Å². The molecular formula is C43H28N3+. The second-order valence-corrected chi connectivity index (χ2v) is 11.7. The summed E-state index contributed by atoms with van der Waals surface area (Å²) in [6, 6.07) is 52.6. The topological polar surface area (TPSA) is 31.9 Å². The first kappa shape index (κ1) is 26.2. The summed E-state index contributed by atoms with van der Waals surface area (Å²) in [6.07, 6.45) is 7.54. The van der Waals surface area contributed by atoms with Crippen molar-refractivity contribution in [3.63, 3.8) is 0 Å². The van der Waals surface area contributed by atoms with Gasteiger partial charge >= 0.3 is 6.21 Å². The minimum Gasteiger partial charge on any atom is -0.309 e. The van der Waals surface area contributed by atoms with Crippen molar-refractivity contribution in [1.29, 1.82) is 0 Å². The molecule has 0 amide bonds. The predicted molar refractivity (Wildman–Crippen MR) is 195 cm³/mol. The molecule has 6 aromatic carbocycles. The molecule has 0 unspecified atom stereocenters. The van der Waals surface area contributed by atoms with E-state index in [1.807, 2.05) is 24.7 Å². The van der Waals surface area contributed by atoms with Crippen LogP contribution in [0.1, 0.15) is 5.69 Å². The fourth-order valence-corrected chi connectivity index (χ4v) is 6.76. The van der Waals surface area contributed by atoms with Crippen molar-refractivity contribution in [2.75, 3.05) is 0 Å². The molecule has 9 rings (SSSR count). The zero-order valence-corrected chi connectivity index (χ0v) is 25.0. The lowest BCUT2D eigenvalue weighted by Gasteiger charge is -2.12. The molecule has 0 spiro atoms. The van der Waals surface area contributed by atoms with Gasteiger partial charge in [0.1, 0.15) is 0 Å². The van der Waals surface area contributed by atoms with Gasteiger partial charge in [-0.3, -0.25) is 4.98 Å². The standard InChI is InChI=1S/C43H28N3/c1-3-8-29(9-4-1)30-10-7-11-31(24-30)33-15-18-39-40-19-16-35-25-32(34-21-23-45-41(26-34)36-20-22-44-28-36)14-17-38(35)43(40)46(42(39)27-33)37-12-5-2-6-13-37/h1-28H/q+1. The number of rotatable bonds is 5. The second-order valence-electron chi connectivity index (χ2n) is 11.7. The molecule has 0 radical (unpaired) electrons. The number of hydrogen-bond acceptors (Lipinski definition) is 1. The summed E-state index contributed by atoms with van der Waals surface area (Å²) in [4.78, 5) is 4.59. The molecule has 3 nitrogen and oxygen atoms in total. The molecule has 0 aliphatic carbocycles. The number of nitrogens with zero attached hydrogens (tertiary/aromatic N) is 3. The Bertz CT molecular complexity index is 2550. The Labute approximate surface area is 266 Å².